The maximum Gasteiger partial charge on any atom is 0.238 e. The summed E-state index contributed by atoms with van der Waals surface area (Å²) in [5, 5.41) is 8.49. The Morgan fingerprint density at radius 2 is 1.82 bits per heavy atom. The molecule has 1 aromatic heterocycles. The molecule has 2 N–H and O–H groups in total. The first-order valence-electron chi connectivity index (χ1n) is 4.79. The number of hydrogen-bond acceptors (Lipinski definition) is 4. The van der Waals surface area contributed by atoms with Crippen LogP contribution in [0, 0.1) is 6.92 Å². The first-order valence-corrected chi connectivity index (χ1v) is 5.54. The van der Waals surface area contributed by atoms with Gasteiger partial charge in [0.15, 0.2) is 5.75 Å². The number of aromatic nitrogens is 2. The van der Waals surface area contributed by atoms with Crippen molar-refractivity contribution in [2.24, 2.45) is 0 Å². The van der Waals surface area contributed by atoms with Crippen LogP contribution in [0.1, 0.15) is 5.69 Å². The van der Waals surface area contributed by atoms with E-state index in [0.29, 0.717) is 27.4 Å². The fourth-order valence-corrected chi connectivity index (χ4v) is 1.51. The van der Waals surface area contributed by atoms with Crippen LogP contribution in [-0.4, -0.2) is 10.2 Å². The van der Waals surface area contributed by atoms with E-state index in [4.69, 9.17) is 33.7 Å². The normalized spacial score (nSPS) is 10.3. The van der Waals surface area contributed by atoms with Crippen molar-refractivity contribution < 1.29 is 4.74 Å². The Kier molecular flexibility index (Phi) is 3.36. The van der Waals surface area contributed by atoms with Crippen LogP contribution >= 0.6 is 23.2 Å². The molecule has 0 saturated heterocycles. The van der Waals surface area contributed by atoms with Gasteiger partial charge in [0.25, 0.3) is 0 Å². The van der Waals surface area contributed by atoms with Crippen LogP contribution in [0.5, 0.6) is 11.6 Å². The summed E-state index contributed by atoms with van der Waals surface area (Å²) in [4.78, 5) is 0. The number of nitrogens with two attached hydrogens (primary N) is 1. The van der Waals surface area contributed by atoms with E-state index in [1.54, 1.807) is 18.2 Å². The Hall–Kier alpha value is -1.52. The number of benzene rings is 1. The minimum absolute atomic E-state index is 0.348. The van der Waals surface area contributed by atoms with Crippen molar-refractivity contribution in [3.05, 3.63) is 40.0 Å². The second-order valence-corrected chi connectivity index (χ2v) is 4.23. The van der Waals surface area contributed by atoms with E-state index >= 15 is 0 Å². The Balaban J connectivity index is 2.30. The first kappa shape index (κ1) is 12.0. The molecule has 2 rings (SSSR count). The number of halogens is 2. The van der Waals surface area contributed by atoms with Gasteiger partial charge in [-0.1, -0.05) is 23.2 Å². The van der Waals surface area contributed by atoms with Gasteiger partial charge < -0.3 is 10.5 Å². The van der Waals surface area contributed by atoms with Crippen molar-refractivity contribution in [1.29, 1.82) is 0 Å². The molecule has 0 aliphatic heterocycles. The Labute approximate surface area is 108 Å². The zero-order valence-electron chi connectivity index (χ0n) is 8.95. The Bertz CT molecular complexity index is 543. The molecule has 0 bridgehead atoms. The Morgan fingerprint density at radius 3 is 2.47 bits per heavy atom. The lowest BCUT2D eigenvalue weighted by Crippen LogP contribution is -1.95. The summed E-state index contributed by atoms with van der Waals surface area (Å²) in [6.07, 6.45) is 0. The van der Waals surface area contributed by atoms with Crippen molar-refractivity contribution in [3.8, 4) is 11.6 Å². The number of nitrogens with zero attached hydrogens (tertiary/aromatic N) is 2. The number of nitrogen functional groups attached to an aromatic ring is 1. The van der Waals surface area contributed by atoms with Crippen molar-refractivity contribution in [3.63, 3.8) is 0 Å². The van der Waals surface area contributed by atoms with Crippen LogP contribution in [0.2, 0.25) is 10.0 Å². The average molecular weight is 270 g/mol. The maximum absolute atomic E-state index is 5.87. The highest BCUT2D eigenvalue weighted by atomic mass is 35.5. The maximum atomic E-state index is 5.87. The van der Waals surface area contributed by atoms with Crippen molar-refractivity contribution in [1.82, 2.24) is 10.2 Å². The first-order chi connectivity index (χ1) is 8.06. The molecule has 1 aromatic carbocycles. The van der Waals surface area contributed by atoms with E-state index in [0.717, 1.165) is 5.69 Å². The minimum Gasteiger partial charge on any atom is -0.435 e. The lowest BCUT2D eigenvalue weighted by molar-refractivity contribution is 0.456. The SMILES string of the molecule is Cc1ccc(Oc2cc(Cl)c(Cl)cc2N)nn1. The summed E-state index contributed by atoms with van der Waals surface area (Å²) in [5.74, 6) is 0.748. The highest BCUT2D eigenvalue weighted by molar-refractivity contribution is 6.42. The van der Waals surface area contributed by atoms with Crippen LogP contribution in [0.25, 0.3) is 0 Å². The predicted molar refractivity (Wildman–Crippen MR) is 67.7 cm³/mol. The van der Waals surface area contributed by atoms with Crippen molar-refractivity contribution >= 4 is 28.9 Å². The lowest BCUT2D eigenvalue weighted by atomic mass is 10.3. The molecule has 0 saturated carbocycles. The van der Waals surface area contributed by atoms with E-state index < -0.39 is 0 Å². The van der Waals surface area contributed by atoms with Crippen LogP contribution in [0.4, 0.5) is 5.69 Å². The molecule has 2 aromatic rings. The molecule has 0 spiro atoms. The molecule has 0 unspecified atom stereocenters. The smallest absolute Gasteiger partial charge is 0.238 e. The number of ether oxygens (including phenoxy) is 1. The van der Waals surface area contributed by atoms with Crippen LogP contribution < -0.4 is 10.5 Å². The summed E-state index contributed by atoms with van der Waals surface area (Å²) in [6.45, 7) is 1.84. The van der Waals surface area contributed by atoms with E-state index in [1.165, 1.54) is 6.07 Å². The fourth-order valence-electron chi connectivity index (χ4n) is 1.19. The summed E-state index contributed by atoms with van der Waals surface area (Å²) in [7, 11) is 0. The molecule has 4 nitrogen and oxygen atoms in total. The summed E-state index contributed by atoms with van der Waals surface area (Å²) in [6, 6.07) is 6.56. The van der Waals surface area contributed by atoms with E-state index in [-0.39, 0.29) is 0 Å². The highest BCUT2D eigenvalue weighted by Gasteiger charge is 2.08. The Morgan fingerprint density at radius 1 is 1.12 bits per heavy atom. The summed E-state index contributed by atoms with van der Waals surface area (Å²) < 4.78 is 5.46. The van der Waals surface area contributed by atoms with Gasteiger partial charge in [-0.2, -0.15) is 5.10 Å². The summed E-state index contributed by atoms with van der Waals surface area (Å²) in [5.41, 5.74) is 6.95. The largest absolute Gasteiger partial charge is 0.435 e. The van der Waals surface area contributed by atoms with Crippen LogP contribution in [-0.2, 0) is 0 Å². The van der Waals surface area contributed by atoms with Crippen molar-refractivity contribution in [2.75, 3.05) is 5.73 Å². The fraction of sp³-hybridized carbons (Fsp3) is 0.0909. The zero-order chi connectivity index (χ0) is 12.4. The predicted octanol–water partition coefficient (Wildman–Crippen LogP) is 3.47. The number of hydrogen-bond donors (Lipinski definition) is 1. The second-order valence-electron chi connectivity index (χ2n) is 3.42. The van der Waals surface area contributed by atoms with Crippen LogP contribution in [0.3, 0.4) is 0 Å². The molecule has 0 fully saturated rings. The molecule has 0 aliphatic rings. The molecule has 6 heteroatoms. The third kappa shape index (κ3) is 2.78. The molecular formula is C11H9Cl2N3O. The molecule has 0 atom stereocenters. The molecule has 0 radical (unpaired) electrons. The average Bonchev–Trinajstić information content (AvgIpc) is 2.29. The molecular weight excluding hydrogens is 261 g/mol. The van der Waals surface area contributed by atoms with Gasteiger partial charge in [0, 0.05) is 12.1 Å². The quantitative estimate of drug-likeness (QED) is 0.849. The van der Waals surface area contributed by atoms with Gasteiger partial charge in [-0.05, 0) is 19.1 Å². The van der Waals surface area contributed by atoms with Gasteiger partial charge in [-0.15, -0.1) is 5.10 Å². The lowest BCUT2D eigenvalue weighted by Gasteiger charge is -2.08. The van der Waals surface area contributed by atoms with Gasteiger partial charge in [-0.3, -0.25) is 0 Å². The number of anilines is 1. The number of rotatable bonds is 2. The molecule has 1 heterocycles. The van der Waals surface area contributed by atoms with Crippen LogP contribution in [0.15, 0.2) is 24.3 Å². The van der Waals surface area contributed by atoms with E-state index in [9.17, 15) is 0 Å². The summed E-state index contributed by atoms with van der Waals surface area (Å²) >= 11 is 11.7. The topological polar surface area (TPSA) is 61.0 Å². The zero-order valence-corrected chi connectivity index (χ0v) is 10.5. The molecule has 17 heavy (non-hydrogen) atoms. The number of aryl methyl sites for hydroxylation is 1. The van der Waals surface area contributed by atoms with Gasteiger partial charge in [0.05, 0.1) is 21.4 Å². The van der Waals surface area contributed by atoms with E-state index in [2.05, 4.69) is 10.2 Å². The third-order valence-corrected chi connectivity index (χ3v) is 2.76. The van der Waals surface area contributed by atoms with Gasteiger partial charge in [0.2, 0.25) is 5.88 Å². The monoisotopic (exact) mass is 269 g/mol. The second kappa shape index (κ2) is 4.77. The van der Waals surface area contributed by atoms with Gasteiger partial charge >= 0.3 is 0 Å². The standard InChI is InChI=1S/C11H9Cl2N3O/c1-6-2-3-11(16-15-6)17-10-5-8(13)7(12)4-9(10)14/h2-5H,14H2,1H3. The van der Waals surface area contributed by atoms with Gasteiger partial charge in [-0.25, -0.2) is 0 Å². The van der Waals surface area contributed by atoms with Crippen molar-refractivity contribution in [2.45, 2.75) is 6.92 Å². The third-order valence-electron chi connectivity index (χ3n) is 2.04. The van der Waals surface area contributed by atoms with E-state index in [1.807, 2.05) is 6.92 Å². The molecule has 88 valence electrons. The minimum atomic E-state index is 0.348. The van der Waals surface area contributed by atoms with Gasteiger partial charge in [0.1, 0.15) is 0 Å². The highest BCUT2D eigenvalue weighted by Crippen LogP contribution is 2.34. The molecule has 0 amide bonds. The molecule has 0 aliphatic carbocycles.